The summed E-state index contributed by atoms with van der Waals surface area (Å²) in [6, 6.07) is 11.9. The van der Waals surface area contributed by atoms with Gasteiger partial charge in [-0.1, -0.05) is 6.92 Å². The first-order valence-electron chi connectivity index (χ1n) is 9.50. The molecule has 0 saturated carbocycles. The Bertz CT molecular complexity index is 1220. The molecule has 29 heavy (non-hydrogen) atoms. The molecule has 0 radical (unpaired) electrons. The van der Waals surface area contributed by atoms with Gasteiger partial charge in [-0.25, -0.2) is 13.2 Å². The van der Waals surface area contributed by atoms with Gasteiger partial charge in [-0.3, -0.25) is 4.31 Å². The van der Waals surface area contributed by atoms with Crippen LogP contribution in [0.4, 0.5) is 11.4 Å². The number of benzene rings is 2. The first-order chi connectivity index (χ1) is 13.9. The van der Waals surface area contributed by atoms with E-state index in [0.717, 1.165) is 22.2 Å². The summed E-state index contributed by atoms with van der Waals surface area (Å²) in [6.07, 6.45) is 1.30. The second-order valence-electron chi connectivity index (χ2n) is 7.06. The van der Waals surface area contributed by atoms with Gasteiger partial charge in [0.25, 0.3) is 0 Å². The predicted octanol–water partition coefficient (Wildman–Crippen LogP) is 3.21. The Morgan fingerprint density at radius 1 is 1.14 bits per heavy atom. The molecule has 0 unspecified atom stereocenters. The minimum Gasteiger partial charge on any atom is -0.508 e. The Labute approximate surface area is 168 Å². The highest BCUT2D eigenvalue weighted by Gasteiger charge is 2.28. The highest BCUT2D eigenvalue weighted by atomic mass is 32.2. The topological polar surface area (TPSA) is 99.9 Å². The maximum absolute atomic E-state index is 12.0. The Balaban J connectivity index is 1.57. The molecule has 0 spiro atoms. The number of hydrogen-bond donors (Lipinski definition) is 2. The molecule has 8 heteroatoms. The lowest BCUT2D eigenvalue weighted by atomic mass is 10.0. The van der Waals surface area contributed by atoms with Crippen molar-refractivity contribution in [3.8, 4) is 5.75 Å². The SMILES string of the molecule is CCc1cc2c(CNc3ccc(N4CCCS4(=O)=O)cc3)cc(=O)oc2cc1O. The van der Waals surface area contributed by atoms with E-state index in [2.05, 4.69) is 5.32 Å². The number of phenolic OH excluding ortho intramolecular Hbond substituents is 1. The van der Waals surface area contributed by atoms with Crippen molar-refractivity contribution >= 4 is 32.4 Å². The van der Waals surface area contributed by atoms with Crippen molar-refractivity contribution in [1.29, 1.82) is 0 Å². The Morgan fingerprint density at radius 3 is 2.55 bits per heavy atom. The van der Waals surface area contributed by atoms with Crippen LogP contribution in [0.15, 0.2) is 51.7 Å². The van der Waals surface area contributed by atoms with Crippen molar-refractivity contribution in [3.05, 3.63) is 64.0 Å². The van der Waals surface area contributed by atoms with Crippen molar-refractivity contribution in [2.24, 2.45) is 0 Å². The van der Waals surface area contributed by atoms with Gasteiger partial charge in [-0.05, 0) is 54.3 Å². The quantitative estimate of drug-likeness (QED) is 0.622. The van der Waals surface area contributed by atoms with Crippen molar-refractivity contribution < 1.29 is 17.9 Å². The number of aryl methyl sites for hydroxylation is 1. The van der Waals surface area contributed by atoms with E-state index in [1.807, 2.05) is 25.1 Å². The highest BCUT2D eigenvalue weighted by molar-refractivity contribution is 7.93. The van der Waals surface area contributed by atoms with E-state index in [4.69, 9.17) is 4.42 Å². The fourth-order valence-electron chi connectivity index (χ4n) is 3.61. The average Bonchev–Trinajstić information content (AvgIpc) is 3.05. The molecular formula is C21H22N2O5S. The summed E-state index contributed by atoms with van der Waals surface area (Å²) in [6.45, 7) is 2.84. The number of nitrogens with zero attached hydrogens (tertiary/aromatic N) is 1. The summed E-state index contributed by atoms with van der Waals surface area (Å²) in [5.41, 5.74) is 2.87. The molecule has 2 heterocycles. The zero-order chi connectivity index (χ0) is 20.6. The predicted molar refractivity (Wildman–Crippen MR) is 113 cm³/mol. The van der Waals surface area contributed by atoms with E-state index in [9.17, 15) is 18.3 Å². The maximum atomic E-state index is 12.0. The molecule has 0 aliphatic carbocycles. The number of fused-ring (bicyclic) bond motifs is 1. The van der Waals surface area contributed by atoms with E-state index in [0.29, 0.717) is 37.2 Å². The summed E-state index contributed by atoms with van der Waals surface area (Å²) in [4.78, 5) is 11.9. The molecular weight excluding hydrogens is 392 g/mol. The molecule has 1 aliphatic rings. The molecule has 1 aliphatic heterocycles. The van der Waals surface area contributed by atoms with Crippen molar-refractivity contribution in [3.63, 3.8) is 0 Å². The van der Waals surface area contributed by atoms with Crippen LogP contribution < -0.4 is 15.2 Å². The third-order valence-electron chi connectivity index (χ3n) is 5.15. The van der Waals surface area contributed by atoms with Gasteiger partial charge in [0, 0.05) is 36.3 Å². The lowest BCUT2D eigenvalue weighted by Gasteiger charge is -2.17. The number of aromatic hydroxyl groups is 1. The van der Waals surface area contributed by atoms with Crippen molar-refractivity contribution in [1.82, 2.24) is 0 Å². The van der Waals surface area contributed by atoms with Gasteiger partial charge in [0.2, 0.25) is 10.0 Å². The molecule has 1 fully saturated rings. The van der Waals surface area contributed by atoms with Crippen LogP contribution in [0.25, 0.3) is 11.0 Å². The van der Waals surface area contributed by atoms with Crippen LogP contribution in [0.1, 0.15) is 24.5 Å². The molecule has 2 N–H and O–H groups in total. The van der Waals surface area contributed by atoms with Gasteiger partial charge in [0.1, 0.15) is 11.3 Å². The third-order valence-corrected chi connectivity index (χ3v) is 7.02. The van der Waals surface area contributed by atoms with Crippen LogP contribution in [0.3, 0.4) is 0 Å². The summed E-state index contributed by atoms with van der Waals surface area (Å²) in [5.74, 6) is 0.298. The maximum Gasteiger partial charge on any atom is 0.336 e. The molecule has 1 saturated heterocycles. The van der Waals surface area contributed by atoms with Crippen molar-refractivity contribution in [2.75, 3.05) is 21.9 Å². The monoisotopic (exact) mass is 414 g/mol. The molecule has 152 valence electrons. The highest BCUT2D eigenvalue weighted by Crippen LogP contribution is 2.28. The lowest BCUT2D eigenvalue weighted by molar-refractivity contribution is 0.466. The molecule has 7 nitrogen and oxygen atoms in total. The number of sulfonamides is 1. The van der Waals surface area contributed by atoms with Crippen LogP contribution in [-0.4, -0.2) is 25.8 Å². The summed E-state index contributed by atoms with van der Waals surface area (Å²) >= 11 is 0. The minimum atomic E-state index is -3.20. The second kappa shape index (κ2) is 7.44. The van der Waals surface area contributed by atoms with Crippen LogP contribution in [0.2, 0.25) is 0 Å². The smallest absolute Gasteiger partial charge is 0.336 e. The summed E-state index contributed by atoms with van der Waals surface area (Å²) in [7, 11) is -3.20. The summed E-state index contributed by atoms with van der Waals surface area (Å²) < 4.78 is 30.7. The number of phenols is 1. The Morgan fingerprint density at radius 2 is 1.90 bits per heavy atom. The van der Waals surface area contributed by atoms with E-state index in [-0.39, 0.29) is 11.5 Å². The van der Waals surface area contributed by atoms with E-state index < -0.39 is 15.6 Å². The summed E-state index contributed by atoms with van der Waals surface area (Å²) in [5, 5.41) is 14.1. The number of nitrogens with one attached hydrogen (secondary N) is 1. The molecule has 0 atom stereocenters. The molecule has 4 rings (SSSR count). The first kappa shape index (κ1) is 19.3. The van der Waals surface area contributed by atoms with Gasteiger partial charge in [-0.15, -0.1) is 0 Å². The van der Waals surface area contributed by atoms with Crippen molar-refractivity contribution in [2.45, 2.75) is 26.3 Å². The normalized spacial score (nSPS) is 15.7. The third kappa shape index (κ3) is 3.80. The number of anilines is 2. The van der Waals surface area contributed by atoms with Crippen LogP contribution in [0, 0.1) is 0 Å². The Kier molecular flexibility index (Phi) is 4.96. The minimum absolute atomic E-state index is 0.112. The van der Waals surface area contributed by atoms with E-state index in [1.54, 1.807) is 12.1 Å². The lowest BCUT2D eigenvalue weighted by Crippen LogP contribution is -2.24. The molecule has 3 aromatic rings. The average molecular weight is 414 g/mol. The fourth-order valence-corrected chi connectivity index (χ4v) is 5.17. The second-order valence-corrected chi connectivity index (χ2v) is 9.08. The largest absolute Gasteiger partial charge is 0.508 e. The molecule has 0 bridgehead atoms. The number of rotatable bonds is 5. The van der Waals surface area contributed by atoms with Gasteiger partial charge in [0.05, 0.1) is 11.4 Å². The van der Waals surface area contributed by atoms with E-state index in [1.165, 1.54) is 16.4 Å². The first-order valence-corrected chi connectivity index (χ1v) is 11.1. The zero-order valence-corrected chi connectivity index (χ0v) is 16.8. The van der Waals surface area contributed by atoms with Gasteiger partial charge >= 0.3 is 5.63 Å². The van der Waals surface area contributed by atoms with Crippen LogP contribution in [-0.2, 0) is 23.0 Å². The van der Waals surface area contributed by atoms with Gasteiger partial charge in [0.15, 0.2) is 0 Å². The molecule has 2 aromatic carbocycles. The number of hydrogen-bond acceptors (Lipinski definition) is 6. The molecule has 0 amide bonds. The van der Waals surface area contributed by atoms with Gasteiger partial charge < -0.3 is 14.8 Å². The van der Waals surface area contributed by atoms with Crippen LogP contribution in [0.5, 0.6) is 5.75 Å². The van der Waals surface area contributed by atoms with Gasteiger partial charge in [-0.2, -0.15) is 0 Å². The van der Waals surface area contributed by atoms with Crippen LogP contribution >= 0.6 is 0 Å². The Hall–Kier alpha value is -3.00. The van der Waals surface area contributed by atoms with E-state index >= 15 is 0 Å². The molecule has 1 aromatic heterocycles. The fraction of sp³-hybridized carbons (Fsp3) is 0.286. The zero-order valence-electron chi connectivity index (χ0n) is 16.0. The standard InChI is InChI=1S/C21H22N2O5S/c1-2-14-10-18-15(11-21(25)28-20(18)12-19(14)24)13-22-16-4-6-17(7-5-16)23-8-3-9-29(23,26)27/h4-7,10-12,22,24H,2-3,8-9,13H2,1H3.